The molecule has 158 valence electrons. The van der Waals surface area contributed by atoms with Crippen LogP contribution in [0, 0.1) is 23.2 Å². The van der Waals surface area contributed by atoms with Crippen molar-refractivity contribution in [1.29, 1.82) is 0 Å². The summed E-state index contributed by atoms with van der Waals surface area (Å²) in [6, 6.07) is 0. The molecule has 2 unspecified atom stereocenters. The summed E-state index contributed by atoms with van der Waals surface area (Å²) in [5.74, 6) is 2.61. The van der Waals surface area contributed by atoms with E-state index in [1.54, 1.807) is 0 Å². The standard InChI is InChI=1S/C23H46N4/c1-22(2,27-16-5-11-24-15-17-27)10-6-21(19-7-12-25-13-8-19)23(3,4)20-9-14-26-18-20/h19-21,24-26H,5-18H2,1-4H3. The van der Waals surface area contributed by atoms with E-state index in [1.165, 1.54) is 84.3 Å². The normalized spacial score (nSPS) is 28.2. The quantitative estimate of drug-likeness (QED) is 0.637. The summed E-state index contributed by atoms with van der Waals surface area (Å²) in [6.45, 7) is 19.9. The molecule has 0 aromatic carbocycles. The Kier molecular flexibility index (Phi) is 7.63. The van der Waals surface area contributed by atoms with Crippen molar-refractivity contribution in [2.24, 2.45) is 23.2 Å². The molecule has 3 fully saturated rings. The van der Waals surface area contributed by atoms with Gasteiger partial charge in [-0.15, -0.1) is 0 Å². The van der Waals surface area contributed by atoms with Crippen LogP contribution in [0.3, 0.4) is 0 Å². The van der Waals surface area contributed by atoms with Crippen molar-refractivity contribution in [1.82, 2.24) is 20.9 Å². The zero-order valence-corrected chi connectivity index (χ0v) is 18.6. The second-order valence-electron chi connectivity index (χ2n) is 10.6. The first-order chi connectivity index (χ1) is 12.9. The number of piperidine rings is 1. The molecule has 0 bridgehead atoms. The van der Waals surface area contributed by atoms with E-state index in [0.717, 1.165) is 24.3 Å². The van der Waals surface area contributed by atoms with Crippen LogP contribution in [0.2, 0.25) is 0 Å². The molecule has 0 saturated carbocycles. The molecule has 0 spiro atoms. The van der Waals surface area contributed by atoms with Crippen LogP contribution in [0.25, 0.3) is 0 Å². The van der Waals surface area contributed by atoms with Crippen molar-refractivity contribution in [2.75, 3.05) is 52.4 Å². The van der Waals surface area contributed by atoms with E-state index >= 15 is 0 Å². The highest BCUT2D eigenvalue weighted by Crippen LogP contribution is 2.47. The first kappa shape index (κ1) is 21.5. The van der Waals surface area contributed by atoms with Gasteiger partial charge in [-0.2, -0.15) is 0 Å². The van der Waals surface area contributed by atoms with Gasteiger partial charge in [0.15, 0.2) is 0 Å². The van der Waals surface area contributed by atoms with E-state index in [-0.39, 0.29) is 0 Å². The van der Waals surface area contributed by atoms with Crippen molar-refractivity contribution in [3.8, 4) is 0 Å². The van der Waals surface area contributed by atoms with Gasteiger partial charge in [0.25, 0.3) is 0 Å². The van der Waals surface area contributed by atoms with Crippen LogP contribution < -0.4 is 16.0 Å². The van der Waals surface area contributed by atoms with Crippen LogP contribution in [-0.4, -0.2) is 62.8 Å². The minimum atomic E-state index is 0.321. The fourth-order valence-corrected chi connectivity index (χ4v) is 6.17. The summed E-state index contributed by atoms with van der Waals surface area (Å²) in [4.78, 5) is 2.76. The lowest BCUT2D eigenvalue weighted by Crippen LogP contribution is -2.47. The fourth-order valence-electron chi connectivity index (χ4n) is 6.17. The van der Waals surface area contributed by atoms with Crippen molar-refractivity contribution in [3.63, 3.8) is 0 Å². The zero-order chi connectivity index (χ0) is 19.3. The third kappa shape index (κ3) is 5.46. The minimum absolute atomic E-state index is 0.321. The van der Waals surface area contributed by atoms with Gasteiger partial charge in [-0.1, -0.05) is 13.8 Å². The SMILES string of the molecule is CC(C)(C1CCNC1)C(CCC(C)(C)N1CCCNCC1)C1CCNCC1. The summed E-state index contributed by atoms with van der Waals surface area (Å²) in [6.07, 6.45) is 8.15. The molecule has 0 aromatic heterocycles. The third-order valence-corrected chi connectivity index (χ3v) is 8.28. The van der Waals surface area contributed by atoms with Crippen molar-refractivity contribution in [2.45, 2.75) is 71.8 Å². The Morgan fingerprint density at radius 3 is 2.26 bits per heavy atom. The summed E-state index contributed by atoms with van der Waals surface area (Å²) >= 11 is 0. The van der Waals surface area contributed by atoms with Crippen LogP contribution >= 0.6 is 0 Å². The molecule has 3 N–H and O–H groups in total. The molecule has 0 amide bonds. The minimum Gasteiger partial charge on any atom is -0.317 e. The highest BCUT2D eigenvalue weighted by Gasteiger charge is 2.43. The highest BCUT2D eigenvalue weighted by atomic mass is 15.2. The van der Waals surface area contributed by atoms with E-state index in [4.69, 9.17) is 0 Å². The maximum atomic E-state index is 3.64. The molecule has 3 aliphatic heterocycles. The van der Waals surface area contributed by atoms with E-state index in [0.29, 0.717) is 11.0 Å². The Bertz CT molecular complexity index is 428. The predicted octanol–water partition coefficient (Wildman–Crippen LogP) is 3.09. The number of nitrogens with one attached hydrogen (secondary N) is 3. The summed E-state index contributed by atoms with van der Waals surface area (Å²) in [5, 5.41) is 10.8. The Balaban J connectivity index is 1.68. The molecule has 0 aliphatic carbocycles. The highest BCUT2D eigenvalue weighted by molar-refractivity contribution is 4.95. The second kappa shape index (κ2) is 9.56. The predicted molar refractivity (Wildman–Crippen MR) is 116 cm³/mol. The van der Waals surface area contributed by atoms with Crippen molar-refractivity contribution in [3.05, 3.63) is 0 Å². The first-order valence-corrected chi connectivity index (χ1v) is 11.8. The fraction of sp³-hybridized carbons (Fsp3) is 1.00. The monoisotopic (exact) mass is 378 g/mol. The van der Waals surface area contributed by atoms with Gasteiger partial charge in [0.2, 0.25) is 0 Å². The summed E-state index contributed by atoms with van der Waals surface area (Å²) < 4.78 is 0. The number of hydrogen-bond acceptors (Lipinski definition) is 4. The maximum absolute atomic E-state index is 3.64. The van der Waals surface area contributed by atoms with Crippen LogP contribution in [0.5, 0.6) is 0 Å². The molecule has 3 aliphatic rings. The smallest absolute Gasteiger partial charge is 0.0153 e. The topological polar surface area (TPSA) is 39.3 Å². The van der Waals surface area contributed by atoms with Crippen LogP contribution in [0.1, 0.15) is 66.2 Å². The Labute approximate surface area is 168 Å². The summed E-state index contributed by atoms with van der Waals surface area (Å²) in [7, 11) is 0. The van der Waals surface area contributed by atoms with Crippen LogP contribution in [-0.2, 0) is 0 Å². The first-order valence-electron chi connectivity index (χ1n) is 11.8. The van der Waals surface area contributed by atoms with Gasteiger partial charge in [0, 0.05) is 18.6 Å². The second-order valence-corrected chi connectivity index (χ2v) is 10.6. The molecular formula is C23H46N4. The Morgan fingerprint density at radius 2 is 1.56 bits per heavy atom. The van der Waals surface area contributed by atoms with Crippen molar-refractivity contribution < 1.29 is 0 Å². The molecule has 4 heteroatoms. The molecule has 0 aromatic rings. The van der Waals surface area contributed by atoms with Crippen LogP contribution in [0.15, 0.2) is 0 Å². The van der Waals surface area contributed by atoms with Gasteiger partial charge in [-0.05, 0) is 115 Å². The average Bonchev–Trinajstić information content (AvgIpc) is 3.06. The van der Waals surface area contributed by atoms with E-state index in [9.17, 15) is 0 Å². The average molecular weight is 379 g/mol. The van der Waals surface area contributed by atoms with E-state index in [2.05, 4.69) is 48.5 Å². The number of hydrogen-bond donors (Lipinski definition) is 3. The van der Waals surface area contributed by atoms with Gasteiger partial charge in [-0.25, -0.2) is 0 Å². The van der Waals surface area contributed by atoms with Crippen molar-refractivity contribution >= 4 is 0 Å². The molecule has 0 radical (unpaired) electrons. The lowest BCUT2D eigenvalue weighted by molar-refractivity contribution is 0.0331. The number of rotatable bonds is 7. The maximum Gasteiger partial charge on any atom is 0.0153 e. The van der Waals surface area contributed by atoms with Crippen LogP contribution in [0.4, 0.5) is 0 Å². The van der Waals surface area contributed by atoms with E-state index in [1.807, 2.05) is 0 Å². The molecule has 2 atom stereocenters. The van der Waals surface area contributed by atoms with Gasteiger partial charge in [0.05, 0.1) is 0 Å². The lowest BCUT2D eigenvalue weighted by atomic mass is 9.60. The third-order valence-electron chi connectivity index (χ3n) is 8.28. The zero-order valence-electron chi connectivity index (χ0n) is 18.6. The Hall–Kier alpha value is -0.160. The van der Waals surface area contributed by atoms with Gasteiger partial charge in [0.1, 0.15) is 0 Å². The van der Waals surface area contributed by atoms with Gasteiger partial charge in [-0.3, -0.25) is 4.90 Å². The molecule has 3 rings (SSSR count). The molecule has 27 heavy (non-hydrogen) atoms. The summed E-state index contributed by atoms with van der Waals surface area (Å²) in [5.41, 5.74) is 0.767. The van der Waals surface area contributed by atoms with E-state index < -0.39 is 0 Å². The Morgan fingerprint density at radius 1 is 0.852 bits per heavy atom. The molecular weight excluding hydrogens is 332 g/mol. The molecule has 3 heterocycles. The molecule has 4 nitrogen and oxygen atoms in total. The number of nitrogens with zero attached hydrogens (tertiary/aromatic N) is 1. The van der Waals surface area contributed by atoms with Gasteiger partial charge < -0.3 is 16.0 Å². The lowest BCUT2D eigenvalue weighted by Gasteiger charge is -2.47. The molecule has 3 saturated heterocycles. The van der Waals surface area contributed by atoms with Gasteiger partial charge >= 0.3 is 0 Å². The largest absolute Gasteiger partial charge is 0.317 e.